The van der Waals surface area contributed by atoms with Crippen LogP contribution in [-0.4, -0.2) is 28.1 Å². The minimum atomic E-state index is -5.22. The van der Waals surface area contributed by atoms with Crippen molar-refractivity contribution < 1.29 is 67.7 Å². The van der Waals surface area contributed by atoms with E-state index < -0.39 is 88.7 Å². The number of carboxylic acid groups (broad SMARTS) is 1. The van der Waals surface area contributed by atoms with Crippen LogP contribution in [0.5, 0.6) is 0 Å². The van der Waals surface area contributed by atoms with Gasteiger partial charge in [-0.2, -0.15) is 39.5 Å². The van der Waals surface area contributed by atoms with Crippen molar-refractivity contribution in [3.8, 4) is 22.3 Å². The first-order valence-corrected chi connectivity index (χ1v) is 15.5. The second kappa shape index (κ2) is 13.3. The van der Waals surface area contributed by atoms with E-state index in [2.05, 4.69) is 0 Å². The Morgan fingerprint density at radius 3 is 1.86 bits per heavy atom. The third kappa shape index (κ3) is 7.62. The lowest BCUT2D eigenvalue weighted by Crippen LogP contribution is -2.32. The van der Waals surface area contributed by atoms with Crippen molar-refractivity contribution in [2.75, 3.05) is 0 Å². The molecule has 5 rings (SSSR count). The molecule has 0 radical (unpaired) electrons. The van der Waals surface area contributed by atoms with E-state index in [0.29, 0.717) is 30.3 Å². The van der Waals surface area contributed by atoms with Gasteiger partial charge in [-0.3, -0.25) is 4.90 Å². The van der Waals surface area contributed by atoms with Crippen molar-refractivity contribution in [1.29, 1.82) is 0 Å². The monoisotopic (exact) mass is 843 g/mol. The maximum atomic E-state index is 15.6. The molecule has 0 spiro atoms. The molecule has 0 bridgehead atoms. The number of alkyl halides is 9. The van der Waals surface area contributed by atoms with Crippen molar-refractivity contribution in [1.82, 2.24) is 4.90 Å². The molecule has 0 aliphatic carbocycles. The van der Waals surface area contributed by atoms with Crippen LogP contribution < -0.4 is 0 Å². The van der Waals surface area contributed by atoms with Crippen LogP contribution in [0.4, 0.5) is 53.1 Å². The first-order chi connectivity index (χ1) is 23.5. The number of benzene rings is 4. The number of carbonyl (C=O) groups excluding carboxylic acids is 1. The van der Waals surface area contributed by atoms with Gasteiger partial charge in [-0.15, -0.1) is 0 Å². The van der Waals surface area contributed by atoms with Crippen LogP contribution >= 0.6 is 22.6 Å². The number of carboxylic acids is 1. The Hall–Kier alpha value is -4.42. The van der Waals surface area contributed by atoms with E-state index in [1.54, 1.807) is 0 Å². The van der Waals surface area contributed by atoms with Gasteiger partial charge in [0.2, 0.25) is 0 Å². The van der Waals surface area contributed by atoms with E-state index in [-0.39, 0.29) is 43.0 Å². The molecule has 51 heavy (non-hydrogen) atoms. The second-order valence-corrected chi connectivity index (χ2v) is 12.8. The van der Waals surface area contributed by atoms with Crippen LogP contribution in [0, 0.1) is 22.1 Å². The van der Waals surface area contributed by atoms with E-state index in [1.165, 1.54) is 54.6 Å². The molecule has 1 N–H and O–H groups in total. The van der Waals surface area contributed by atoms with Gasteiger partial charge in [0.1, 0.15) is 17.7 Å². The number of halogens is 12. The molecule has 1 aliphatic heterocycles. The van der Waals surface area contributed by atoms with E-state index in [4.69, 9.17) is 4.74 Å². The minimum Gasteiger partial charge on any atom is -0.478 e. The summed E-state index contributed by atoms with van der Waals surface area (Å²) in [5.74, 6) is -3.60. The van der Waals surface area contributed by atoms with Crippen molar-refractivity contribution in [3.05, 3.63) is 115 Å². The minimum absolute atomic E-state index is 0.118. The fraction of sp³-hybridized carbons (Fsp3) is 0.235. The number of cyclic esters (lactones) is 1. The van der Waals surface area contributed by atoms with Gasteiger partial charge in [0.15, 0.2) is 0 Å². The van der Waals surface area contributed by atoms with E-state index in [1.807, 2.05) is 0 Å². The molecule has 1 saturated heterocycles. The zero-order valence-corrected chi connectivity index (χ0v) is 27.9. The van der Waals surface area contributed by atoms with Crippen molar-refractivity contribution in [2.45, 2.75) is 51.1 Å². The molecule has 2 atom stereocenters. The van der Waals surface area contributed by atoms with Crippen molar-refractivity contribution >= 4 is 34.7 Å². The highest BCUT2D eigenvalue weighted by molar-refractivity contribution is 14.1. The number of rotatable bonds is 6. The predicted octanol–water partition coefficient (Wildman–Crippen LogP) is 11.0. The summed E-state index contributed by atoms with van der Waals surface area (Å²) >= 11 is 1.48. The number of ether oxygens (including phenoxy) is 1. The Morgan fingerprint density at radius 2 is 1.33 bits per heavy atom. The SMILES string of the molecule is Cc1cc(C(=O)O)ccc1-c1cc(-c2c(I)cc(C(F)(F)F)cc2CN2C(=O)O[C@H](c3cc(C(F)(F)F)cc(C(F)(F)F)c3)[C@@H]2C)c(F)cc1F. The molecule has 0 aromatic heterocycles. The Kier molecular flexibility index (Phi) is 9.85. The topological polar surface area (TPSA) is 66.8 Å². The maximum absolute atomic E-state index is 15.6. The van der Waals surface area contributed by atoms with Gasteiger partial charge in [-0.05, 0) is 107 Å². The normalized spacial score (nSPS) is 16.8. The van der Waals surface area contributed by atoms with Gasteiger partial charge in [-0.25, -0.2) is 18.4 Å². The molecular weight excluding hydrogens is 822 g/mol. The van der Waals surface area contributed by atoms with E-state index in [0.717, 1.165) is 11.0 Å². The van der Waals surface area contributed by atoms with Crippen molar-refractivity contribution in [2.24, 2.45) is 0 Å². The van der Waals surface area contributed by atoms with Crippen LogP contribution in [-0.2, 0) is 29.8 Å². The fourth-order valence-electron chi connectivity index (χ4n) is 5.79. The van der Waals surface area contributed by atoms with Gasteiger partial charge < -0.3 is 9.84 Å². The summed E-state index contributed by atoms with van der Waals surface area (Å²) in [5.41, 5.74) is -6.31. The lowest BCUT2D eigenvalue weighted by atomic mass is 9.91. The zero-order valence-electron chi connectivity index (χ0n) is 25.8. The third-order valence-electron chi connectivity index (χ3n) is 8.26. The lowest BCUT2D eigenvalue weighted by Gasteiger charge is -2.25. The Bertz CT molecular complexity index is 2030. The third-order valence-corrected chi connectivity index (χ3v) is 9.11. The van der Waals surface area contributed by atoms with Gasteiger partial charge >= 0.3 is 30.6 Å². The molecule has 1 amide bonds. The second-order valence-electron chi connectivity index (χ2n) is 11.6. The van der Waals surface area contributed by atoms with Crippen LogP contribution in [0.1, 0.15) is 56.8 Å². The Balaban J connectivity index is 1.63. The summed E-state index contributed by atoms with van der Waals surface area (Å²) < 4.78 is 159. The van der Waals surface area contributed by atoms with E-state index >= 15 is 8.78 Å². The molecule has 0 saturated carbocycles. The Labute approximate surface area is 294 Å². The predicted molar refractivity (Wildman–Crippen MR) is 167 cm³/mol. The van der Waals surface area contributed by atoms with Gasteiger partial charge in [0.05, 0.1) is 34.8 Å². The molecular formula is C34H21F11INO4. The standard InChI is InChI=1S/C34H21F11INO4/c1-14-5-16(30(48)49)3-4-22(14)23-11-24(26(36)12-25(23)35)28-18(8-21(10-27(28)46)34(43,44)45)13-47-15(2)29(51-31(47)50)17-6-19(32(37,38)39)9-20(7-17)33(40,41)42/h3-12,15,29H,13H2,1-2H3,(H,48,49)/t15-,29-/m0/s1. The Morgan fingerprint density at radius 1 is 0.784 bits per heavy atom. The average molecular weight is 843 g/mol. The molecule has 4 aromatic carbocycles. The van der Waals surface area contributed by atoms with E-state index in [9.17, 15) is 54.2 Å². The summed E-state index contributed by atoms with van der Waals surface area (Å²) in [4.78, 5) is 25.2. The molecule has 0 unspecified atom stereocenters. The molecule has 4 aromatic rings. The summed E-state index contributed by atoms with van der Waals surface area (Å²) in [6.07, 6.45) is -18.4. The number of carbonyl (C=O) groups is 2. The summed E-state index contributed by atoms with van der Waals surface area (Å²) in [7, 11) is 0. The quantitative estimate of drug-likeness (QED) is 0.155. The first-order valence-electron chi connectivity index (χ1n) is 14.5. The highest BCUT2D eigenvalue weighted by atomic mass is 127. The van der Waals surface area contributed by atoms with Crippen LogP contribution in [0.25, 0.3) is 22.3 Å². The highest BCUT2D eigenvalue weighted by Gasteiger charge is 2.44. The fourth-order valence-corrected chi connectivity index (χ4v) is 6.76. The molecule has 1 aliphatic rings. The number of hydrogen-bond donors (Lipinski definition) is 1. The largest absolute Gasteiger partial charge is 0.478 e. The number of nitrogens with zero attached hydrogens (tertiary/aromatic N) is 1. The number of aromatic carboxylic acids is 1. The maximum Gasteiger partial charge on any atom is 0.416 e. The molecule has 270 valence electrons. The molecule has 5 nitrogen and oxygen atoms in total. The molecule has 1 heterocycles. The first kappa shape index (κ1) is 37.8. The number of aryl methyl sites for hydroxylation is 1. The van der Waals surface area contributed by atoms with Gasteiger partial charge in [0.25, 0.3) is 0 Å². The summed E-state index contributed by atoms with van der Waals surface area (Å²) in [6, 6.07) is 5.65. The smallest absolute Gasteiger partial charge is 0.416 e. The van der Waals surface area contributed by atoms with Gasteiger partial charge in [-0.1, -0.05) is 6.07 Å². The van der Waals surface area contributed by atoms with Crippen LogP contribution in [0.2, 0.25) is 0 Å². The van der Waals surface area contributed by atoms with Crippen LogP contribution in [0.15, 0.2) is 60.7 Å². The number of hydrogen-bond acceptors (Lipinski definition) is 3. The number of amides is 1. The summed E-state index contributed by atoms with van der Waals surface area (Å²) in [5, 5.41) is 9.29. The van der Waals surface area contributed by atoms with Crippen molar-refractivity contribution in [3.63, 3.8) is 0 Å². The highest BCUT2D eigenvalue weighted by Crippen LogP contribution is 2.44. The van der Waals surface area contributed by atoms with Gasteiger partial charge in [0, 0.05) is 26.3 Å². The molecule has 17 heteroatoms. The lowest BCUT2D eigenvalue weighted by molar-refractivity contribution is -0.143. The molecule has 1 fully saturated rings. The van der Waals surface area contributed by atoms with Crippen LogP contribution in [0.3, 0.4) is 0 Å². The zero-order chi connectivity index (χ0) is 38.0. The summed E-state index contributed by atoms with van der Waals surface area (Å²) in [6.45, 7) is 1.85. The average Bonchev–Trinajstić information content (AvgIpc) is 3.28.